The first-order chi connectivity index (χ1) is 20.9. The summed E-state index contributed by atoms with van der Waals surface area (Å²) in [5.41, 5.74) is 5.13. The van der Waals surface area contributed by atoms with E-state index in [0.717, 1.165) is 33.6 Å². The summed E-state index contributed by atoms with van der Waals surface area (Å²) in [6.45, 7) is 23.2. The van der Waals surface area contributed by atoms with Crippen LogP contribution in [0, 0.1) is 5.82 Å². The predicted molar refractivity (Wildman–Crippen MR) is 185 cm³/mol. The number of pyridine rings is 1. The molecule has 1 aromatic carbocycles. The number of aromatic nitrogens is 1. The van der Waals surface area contributed by atoms with Gasteiger partial charge in [-0.15, -0.1) is 0 Å². The lowest BCUT2D eigenvalue weighted by Gasteiger charge is -2.39. The molecule has 2 rings (SSSR count). The van der Waals surface area contributed by atoms with E-state index in [1.54, 1.807) is 45.2 Å². The third-order valence-electron chi connectivity index (χ3n) is 8.12. The average Bonchev–Trinajstić information content (AvgIpc) is 2.91. The number of benzene rings is 1. The maximum absolute atomic E-state index is 14.0. The first-order valence-corrected chi connectivity index (χ1v) is 20.6. The quantitative estimate of drug-likeness (QED) is 0.0946. The standard InChI is InChI=1S/C35H55FNO6PSi/c1-13-41-44(39,42-14-2)23-29(43-45(11,12)35(7,8)9)21-28(38)19-20-30-32(26-15-17-27(36)18-16-26)31(22-40-10)34(25(5)6)37-33(30)24(3)4/h15-20,24-25,29H,13-14,21-23H2,1-12H3/b20-19+/t29-/m1/s1. The molecule has 0 amide bonds. The third kappa shape index (κ3) is 10.8. The molecule has 252 valence electrons. The summed E-state index contributed by atoms with van der Waals surface area (Å²) in [5, 5.41) is -0.122. The Morgan fingerprint density at radius 1 is 1.00 bits per heavy atom. The number of halogens is 1. The fourth-order valence-corrected chi connectivity index (χ4v) is 8.26. The molecule has 0 aliphatic rings. The Balaban J connectivity index is 2.68. The predicted octanol–water partition coefficient (Wildman–Crippen LogP) is 9.91. The summed E-state index contributed by atoms with van der Waals surface area (Å²) in [7, 11) is -4.19. The summed E-state index contributed by atoms with van der Waals surface area (Å²) < 4.78 is 51.0. The van der Waals surface area contributed by atoms with Gasteiger partial charge in [-0.2, -0.15) is 0 Å². The first-order valence-electron chi connectivity index (χ1n) is 16.0. The van der Waals surface area contributed by atoms with Crippen molar-refractivity contribution in [3.8, 4) is 11.1 Å². The number of hydrogen-bond donors (Lipinski definition) is 0. The Hall–Kier alpha value is -2.00. The van der Waals surface area contributed by atoms with Crippen LogP contribution in [0.15, 0.2) is 30.3 Å². The number of ether oxygens (including phenoxy) is 1. The van der Waals surface area contributed by atoms with Gasteiger partial charge in [0.25, 0.3) is 0 Å². The second-order valence-electron chi connectivity index (χ2n) is 13.5. The Morgan fingerprint density at radius 3 is 2.02 bits per heavy atom. The smallest absolute Gasteiger partial charge is 0.333 e. The minimum absolute atomic E-state index is 0.0124. The highest BCUT2D eigenvalue weighted by Crippen LogP contribution is 2.50. The molecule has 2 aromatic rings. The molecule has 7 nitrogen and oxygen atoms in total. The molecule has 0 saturated heterocycles. The molecule has 0 radical (unpaired) electrons. The van der Waals surface area contributed by atoms with Crippen molar-refractivity contribution >= 4 is 27.8 Å². The van der Waals surface area contributed by atoms with Gasteiger partial charge < -0.3 is 18.2 Å². The van der Waals surface area contributed by atoms with Gasteiger partial charge in [0.1, 0.15) is 5.82 Å². The molecule has 1 heterocycles. The Labute approximate surface area is 272 Å². The first kappa shape index (κ1) is 39.2. The van der Waals surface area contributed by atoms with E-state index in [1.165, 1.54) is 12.1 Å². The maximum Gasteiger partial charge on any atom is 0.333 e. The van der Waals surface area contributed by atoms with Crippen LogP contribution >= 0.6 is 7.60 Å². The van der Waals surface area contributed by atoms with Crippen LogP contribution in [-0.4, -0.2) is 51.7 Å². The molecule has 0 aliphatic carbocycles. The minimum atomic E-state index is -3.48. The highest BCUT2D eigenvalue weighted by atomic mass is 31.2. The normalized spacial score (nSPS) is 13.8. The summed E-state index contributed by atoms with van der Waals surface area (Å²) >= 11 is 0. The number of allylic oxidation sites excluding steroid dienone is 1. The van der Waals surface area contributed by atoms with E-state index in [-0.39, 0.29) is 54.3 Å². The van der Waals surface area contributed by atoms with Gasteiger partial charge in [0.05, 0.1) is 37.8 Å². The van der Waals surface area contributed by atoms with Crippen LogP contribution in [0.25, 0.3) is 17.2 Å². The van der Waals surface area contributed by atoms with Gasteiger partial charge in [-0.1, -0.05) is 60.6 Å². The van der Waals surface area contributed by atoms with Crippen molar-refractivity contribution in [3.05, 3.63) is 58.7 Å². The Bertz CT molecular complexity index is 1340. The lowest BCUT2D eigenvalue weighted by molar-refractivity contribution is -0.115. The second kappa shape index (κ2) is 16.7. The zero-order valence-corrected chi connectivity index (χ0v) is 31.3. The molecule has 0 spiro atoms. The van der Waals surface area contributed by atoms with Crippen molar-refractivity contribution in [1.29, 1.82) is 0 Å². The van der Waals surface area contributed by atoms with Crippen LogP contribution in [0.2, 0.25) is 18.1 Å². The van der Waals surface area contributed by atoms with E-state index < -0.39 is 22.0 Å². The number of methoxy groups -OCH3 is 1. The fourth-order valence-electron chi connectivity index (χ4n) is 4.99. The van der Waals surface area contributed by atoms with Gasteiger partial charge in [-0.3, -0.25) is 14.3 Å². The molecule has 0 fully saturated rings. The van der Waals surface area contributed by atoms with Gasteiger partial charge in [-0.25, -0.2) is 4.39 Å². The van der Waals surface area contributed by atoms with Gasteiger partial charge in [-0.05, 0) is 79.2 Å². The van der Waals surface area contributed by atoms with Crippen molar-refractivity contribution in [2.24, 2.45) is 0 Å². The fraction of sp³-hybridized carbons (Fsp3) is 0.600. The largest absolute Gasteiger partial charge is 0.413 e. The summed E-state index contributed by atoms with van der Waals surface area (Å²) in [4.78, 5) is 18.8. The molecule has 0 bridgehead atoms. The summed E-state index contributed by atoms with van der Waals surface area (Å²) in [6.07, 6.45) is 2.70. The number of rotatable bonds is 17. The molecular formula is C35H55FNO6PSi. The minimum Gasteiger partial charge on any atom is -0.413 e. The number of hydrogen-bond acceptors (Lipinski definition) is 7. The maximum atomic E-state index is 14.0. The van der Waals surface area contributed by atoms with E-state index in [4.69, 9.17) is 23.2 Å². The summed E-state index contributed by atoms with van der Waals surface area (Å²) in [6, 6.07) is 6.37. The van der Waals surface area contributed by atoms with Crippen LogP contribution in [0.1, 0.15) is 103 Å². The van der Waals surface area contributed by atoms with Gasteiger partial charge in [0.2, 0.25) is 0 Å². The lowest BCUT2D eigenvalue weighted by atomic mass is 9.87. The van der Waals surface area contributed by atoms with Crippen LogP contribution in [0.4, 0.5) is 4.39 Å². The van der Waals surface area contributed by atoms with Crippen molar-refractivity contribution in [1.82, 2.24) is 4.98 Å². The average molecular weight is 664 g/mol. The van der Waals surface area contributed by atoms with E-state index >= 15 is 0 Å². The van der Waals surface area contributed by atoms with Crippen LogP contribution in [0.3, 0.4) is 0 Å². The van der Waals surface area contributed by atoms with Crippen molar-refractivity contribution < 1.29 is 32.0 Å². The van der Waals surface area contributed by atoms with Crippen LogP contribution < -0.4 is 0 Å². The monoisotopic (exact) mass is 663 g/mol. The number of carbonyl (C=O) groups excluding carboxylic acids is 1. The third-order valence-corrected chi connectivity index (χ3v) is 14.8. The van der Waals surface area contributed by atoms with E-state index in [0.29, 0.717) is 6.61 Å². The van der Waals surface area contributed by atoms with Crippen LogP contribution in [-0.2, 0) is 34.2 Å². The molecule has 1 atom stereocenters. The molecular weight excluding hydrogens is 608 g/mol. The Kier molecular flexibility index (Phi) is 14.5. The van der Waals surface area contributed by atoms with Crippen LogP contribution in [0.5, 0.6) is 0 Å². The molecule has 45 heavy (non-hydrogen) atoms. The summed E-state index contributed by atoms with van der Waals surface area (Å²) in [5.74, 6) is -0.345. The highest BCUT2D eigenvalue weighted by Gasteiger charge is 2.41. The second-order valence-corrected chi connectivity index (χ2v) is 20.4. The molecule has 0 N–H and O–H groups in total. The number of carbonyl (C=O) groups is 1. The van der Waals surface area contributed by atoms with Crippen molar-refractivity contribution in [2.45, 2.75) is 111 Å². The van der Waals surface area contributed by atoms with Gasteiger partial charge in [0.15, 0.2) is 14.1 Å². The molecule has 0 aliphatic heterocycles. The molecule has 10 heteroatoms. The topological polar surface area (TPSA) is 84.0 Å². The number of ketones is 1. The molecule has 1 aromatic heterocycles. The molecule has 0 unspecified atom stereocenters. The van der Waals surface area contributed by atoms with E-state index in [1.807, 2.05) is 0 Å². The highest BCUT2D eigenvalue weighted by molar-refractivity contribution is 7.53. The van der Waals surface area contributed by atoms with E-state index in [9.17, 15) is 13.8 Å². The van der Waals surface area contributed by atoms with Gasteiger partial charge in [0, 0.05) is 30.4 Å². The van der Waals surface area contributed by atoms with Gasteiger partial charge >= 0.3 is 7.60 Å². The SMILES string of the molecule is CCOP(=O)(C[C@@H](CC(=O)/C=C/c1c(C(C)C)nc(C(C)C)c(COC)c1-c1ccc(F)cc1)O[Si](C)(C)C(C)(C)C)OCC. The Morgan fingerprint density at radius 2 is 1.56 bits per heavy atom. The number of nitrogens with zero attached hydrogens (tertiary/aromatic N) is 1. The zero-order chi connectivity index (χ0) is 34.2. The zero-order valence-electron chi connectivity index (χ0n) is 29.5. The van der Waals surface area contributed by atoms with Crippen molar-refractivity contribution in [3.63, 3.8) is 0 Å². The van der Waals surface area contributed by atoms with Crippen molar-refractivity contribution in [2.75, 3.05) is 26.5 Å². The molecule has 0 saturated carbocycles. The lowest BCUT2D eigenvalue weighted by Crippen LogP contribution is -2.45. The van der Waals surface area contributed by atoms with E-state index in [2.05, 4.69) is 61.6 Å².